The van der Waals surface area contributed by atoms with Crippen molar-refractivity contribution in [2.45, 2.75) is 0 Å². The fraction of sp³-hybridized carbons (Fsp3) is 0.133. The average molecular weight is 260 g/mol. The van der Waals surface area contributed by atoms with Crippen molar-refractivity contribution in [2.75, 3.05) is 14.2 Å². The molecule has 0 fully saturated rings. The van der Waals surface area contributed by atoms with Gasteiger partial charge < -0.3 is 9.47 Å². The third kappa shape index (κ3) is 2.73. The fourth-order valence-corrected chi connectivity index (χ4v) is 1.82. The molecular formula is C15H13FO3. The number of ether oxygens (including phenoxy) is 2. The van der Waals surface area contributed by atoms with Gasteiger partial charge in [0, 0.05) is 0 Å². The number of hydrogen-bond donors (Lipinski definition) is 0. The minimum absolute atomic E-state index is 0.312. The van der Waals surface area contributed by atoms with E-state index in [2.05, 4.69) is 4.74 Å². The van der Waals surface area contributed by atoms with Crippen LogP contribution in [0.25, 0.3) is 11.1 Å². The highest BCUT2D eigenvalue weighted by molar-refractivity contribution is 5.93. The summed E-state index contributed by atoms with van der Waals surface area (Å²) in [4.78, 5) is 11.5. The second-order valence-electron chi connectivity index (χ2n) is 3.92. The largest absolute Gasteiger partial charge is 0.496 e. The van der Waals surface area contributed by atoms with Gasteiger partial charge in [0.15, 0.2) is 0 Å². The highest BCUT2D eigenvalue weighted by Crippen LogP contribution is 2.28. The standard InChI is InChI=1S/C15H13FO3/c1-18-14-9-11(6-7-13(14)15(17)19-2)10-4-3-5-12(16)8-10/h3-9H,1-2H3. The SMILES string of the molecule is COC(=O)c1ccc(-c2cccc(F)c2)cc1OC. The quantitative estimate of drug-likeness (QED) is 0.794. The van der Waals surface area contributed by atoms with Gasteiger partial charge in [-0.05, 0) is 35.4 Å². The Bertz CT molecular complexity index is 608. The van der Waals surface area contributed by atoms with Crippen molar-refractivity contribution < 1.29 is 18.7 Å². The number of esters is 1. The first-order valence-corrected chi connectivity index (χ1v) is 5.68. The van der Waals surface area contributed by atoms with Crippen LogP contribution in [0.2, 0.25) is 0 Å². The Morgan fingerprint density at radius 2 is 1.79 bits per heavy atom. The van der Waals surface area contributed by atoms with Gasteiger partial charge in [-0.1, -0.05) is 18.2 Å². The molecule has 0 spiro atoms. The molecule has 0 aromatic heterocycles. The molecule has 0 heterocycles. The maximum Gasteiger partial charge on any atom is 0.341 e. The van der Waals surface area contributed by atoms with E-state index in [0.717, 1.165) is 11.1 Å². The lowest BCUT2D eigenvalue weighted by Crippen LogP contribution is -2.04. The van der Waals surface area contributed by atoms with Gasteiger partial charge >= 0.3 is 5.97 Å². The van der Waals surface area contributed by atoms with E-state index in [-0.39, 0.29) is 5.82 Å². The normalized spacial score (nSPS) is 10.1. The number of hydrogen-bond acceptors (Lipinski definition) is 3. The highest BCUT2D eigenvalue weighted by atomic mass is 19.1. The second kappa shape index (κ2) is 5.52. The topological polar surface area (TPSA) is 35.5 Å². The van der Waals surface area contributed by atoms with Gasteiger partial charge in [-0.15, -0.1) is 0 Å². The Balaban J connectivity index is 2.47. The summed E-state index contributed by atoms with van der Waals surface area (Å²) in [6.45, 7) is 0. The van der Waals surface area contributed by atoms with Crippen LogP contribution in [-0.2, 0) is 4.74 Å². The third-order valence-electron chi connectivity index (χ3n) is 2.76. The first-order chi connectivity index (χ1) is 9.15. The maximum atomic E-state index is 13.2. The maximum absolute atomic E-state index is 13.2. The summed E-state index contributed by atoms with van der Waals surface area (Å²) in [7, 11) is 2.78. The molecule has 2 aromatic rings. The summed E-state index contributed by atoms with van der Waals surface area (Å²) < 4.78 is 23.0. The molecule has 0 atom stereocenters. The zero-order valence-electron chi connectivity index (χ0n) is 10.6. The van der Waals surface area contributed by atoms with Crippen LogP contribution >= 0.6 is 0 Å². The lowest BCUT2D eigenvalue weighted by Gasteiger charge is -2.09. The van der Waals surface area contributed by atoms with Crippen molar-refractivity contribution in [3.05, 3.63) is 53.8 Å². The first kappa shape index (κ1) is 13.1. The molecule has 0 radical (unpaired) electrons. The molecule has 0 aliphatic rings. The summed E-state index contributed by atoms with van der Waals surface area (Å²) in [5.41, 5.74) is 1.82. The van der Waals surface area contributed by atoms with Gasteiger partial charge in [0.05, 0.1) is 14.2 Å². The molecule has 2 aromatic carbocycles. The van der Waals surface area contributed by atoms with E-state index in [9.17, 15) is 9.18 Å². The van der Waals surface area contributed by atoms with Crippen molar-refractivity contribution in [1.82, 2.24) is 0 Å². The van der Waals surface area contributed by atoms with E-state index in [4.69, 9.17) is 4.74 Å². The average Bonchev–Trinajstić information content (AvgIpc) is 2.45. The van der Waals surface area contributed by atoms with Gasteiger partial charge in [-0.25, -0.2) is 9.18 Å². The molecular weight excluding hydrogens is 247 g/mol. The summed E-state index contributed by atoms with van der Waals surface area (Å²) in [5.74, 6) is -0.384. The van der Waals surface area contributed by atoms with Crippen LogP contribution in [0.15, 0.2) is 42.5 Å². The Morgan fingerprint density at radius 1 is 1.05 bits per heavy atom. The van der Waals surface area contributed by atoms with E-state index in [0.29, 0.717) is 11.3 Å². The number of benzene rings is 2. The van der Waals surface area contributed by atoms with E-state index < -0.39 is 5.97 Å². The van der Waals surface area contributed by atoms with Gasteiger partial charge in [0.2, 0.25) is 0 Å². The second-order valence-corrected chi connectivity index (χ2v) is 3.92. The number of carbonyl (C=O) groups excluding carboxylic acids is 1. The molecule has 98 valence electrons. The van der Waals surface area contributed by atoms with Crippen LogP contribution in [0.1, 0.15) is 10.4 Å². The van der Waals surface area contributed by atoms with Crippen molar-refractivity contribution in [1.29, 1.82) is 0 Å². The number of methoxy groups -OCH3 is 2. The molecule has 0 saturated heterocycles. The zero-order chi connectivity index (χ0) is 13.8. The molecule has 0 unspecified atom stereocenters. The third-order valence-corrected chi connectivity index (χ3v) is 2.76. The molecule has 4 heteroatoms. The molecule has 0 aliphatic heterocycles. The lowest BCUT2D eigenvalue weighted by molar-refractivity contribution is 0.0597. The molecule has 0 saturated carbocycles. The van der Waals surface area contributed by atoms with Crippen LogP contribution in [0, 0.1) is 5.82 Å². The van der Waals surface area contributed by atoms with Gasteiger partial charge in [-0.3, -0.25) is 0 Å². The monoisotopic (exact) mass is 260 g/mol. The summed E-state index contributed by atoms with van der Waals surface area (Å²) in [6.07, 6.45) is 0. The minimum Gasteiger partial charge on any atom is -0.496 e. The van der Waals surface area contributed by atoms with Crippen LogP contribution in [0.3, 0.4) is 0 Å². The Kier molecular flexibility index (Phi) is 3.80. The predicted molar refractivity (Wildman–Crippen MR) is 69.7 cm³/mol. The number of halogens is 1. The van der Waals surface area contributed by atoms with Crippen LogP contribution in [-0.4, -0.2) is 20.2 Å². The Hall–Kier alpha value is -2.36. The molecule has 0 aliphatic carbocycles. The van der Waals surface area contributed by atoms with Gasteiger partial charge in [0.25, 0.3) is 0 Å². The summed E-state index contributed by atoms with van der Waals surface area (Å²) >= 11 is 0. The zero-order valence-corrected chi connectivity index (χ0v) is 10.6. The van der Waals surface area contributed by atoms with Crippen LogP contribution in [0.5, 0.6) is 5.75 Å². The predicted octanol–water partition coefficient (Wildman–Crippen LogP) is 3.29. The molecule has 0 amide bonds. The molecule has 0 N–H and O–H groups in total. The summed E-state index contributed by atoms with van der Waals surface area (Å²) in [5, 5.41) is 0. The first-order valence-electron chi connectivity index (χ1n) is 5.68. The van der Waals surface area contributed by atoms with E-state index in [1.54, 1.807) is 30.3 Å². The van der Waals surface area contributed by atoms with E-state index in [1.807, 2.05) is 0 Å². The van der Waals surface area contributed by atoms with Gasteiger partial charge in [-0.2, -0.15) is 0 Å². The van der Waals surface area contributed by atoms with E-state index >= 15 is 0 Å². The number of carbonyl (C=O) groups is 1. The fourth-order valence-electron chi connectivity index (χ4n) is 1.82. The highest BCUT2D eigenvalue weighted by Gasteiger charge is 2.13. The Labute approximate surface area is 110 Å². The smallest absolute Gasteiger partial charge is 0.341 e. The van der Waals surface area contributed by atoms with Crippen molar-refractivity contribution in [3.63, 3.8) is 0 Å². The van der Waals surface area contributed by atoms with Crippen LogP contribution < -0.4 is 4.74 Å². The van der Waals surface area contributed by atoms with Crippen molar-refractivity contribution in [3.8, 4) is 16.9 Å². The van der Waals surface area contributed by atoms with Crippen molar-refractivity contribution in [2.24, 2.45) is 0 Å². The number of rotatable bonds is 3. The minimum atomic E-state index is -0.470. The molecule has 0 bridgehead atoms. The van der Waals surface area contributed by atoms with Crippen LogP contribution in [0.4, 0.5) is 4.39 Å². The molecule has 19 heavy (non-hydrogen) atoms. The lowest BCUT2D eigenvalue weighted by atomic mass is 10.0. The van der Waals surface area contributed by atoms with E-state index in [1.165, 1.54) is 26.4 Å². The molecule has 3 nitrogen and oxygen atoms in total. The van der Waals surface area contributed by atoms with Crippen molar-refractivity contribution >= 4 is 5.97 Å². The Morgan fingerprint density at radius 3 is 2.42 bits per heavy atom. The molecule has 2 rings (SSSR count). The summed E-state index contributed by atoms with van der Waals surface area (Å²) in [6, 6.07) is 11.2. The van der Waals surface area contributed by atoms with Gasteiger partial charge in [0.1, 0.15) is 17.1 Å².